The Labute approximate surface area is 217 Å². The number of nitrogens with zero attached hydrogens (tertiary/aromatic N) is 9. The third-order valence-electron chi connectivity index (χ3n) is 7.18. The van der Waals surface area contributed by atoms with E-state index in [1.54, 1.807) is 23.1 Å². The molecule has 5 aromatic rings. The molecule has 2 atom stereocenters. The van der Waals surface area contributed by atoms with Gasteiger partial charge in [-0.1, -0.05) is 17.3 Å². The molecule has 0 spiro atoms. The van der Waals surface area contributed by atoms with E-state index < -0.39 is 12.0 Å². The minimum absolute atomic E-state index is 0.0291. The molecule has 11 heteroatoms. The highest BCUT2D eigenvalue weighted by Gasteiger charge is 2.31. The Morgan fingerprint density at radius 1 is 1.11 bits per heavy atom. The van der Waals surface area contributed by atoms with Crippen LogP contribution in [-0.4, -0.2) is 73.7 Å². The number of hydrogen-bond acceptors (Lipinski definition) is 7. The van der Waals surface area contributed by atoms with Crippen LogP contribution >= 0.6 is 0 Å². The summed E-state index contributed by atoms with van der Waals surface area (Å²) in [5.74, 6) is -0.0650. The highest BCUT2D eigenvalue weighted by atomic mass is 19.1. The molecule has 0 N–H and O–H groups in total. The van der Waals surface area contributed by atoms with Gasteiger partial charge in [0.25, 0.3) is 0 Å². The molecule has 3 aromatic heterocycles. The number of imidazole rings is 1. The summed E-state index contributed by atoms with van der Waals surface area (Å²) in [4.78, 5) is 13.5. The molecule has 0 saturated carbocycles. The lowest BCUT2D eigenvalue weighted by molar-refractivity contribution is 0.182. The quantitative estimate of drug-likeness (QED) is 0.361. The number of piperidine rings is 1. The molecule has 1 fully saturated rings. The van der Waals surface area contributed by atoms with Gasteiger partial charge in [0.2, 0.25) is 0 Å². The van der Waals surface area contributed by atoms with Gasteiger partial charge in [0.15, 0.2) is 11.5 Å². The fourth-order valence-electron chi connectivity index (χ4n) is 5.16. The summed E-state index contributed by atoms with van der Waals surface area (Å²) in [6.45, 7) is 0.820. The number of aryl methyl sites for hydroxylation is 1. The molecule has 9 nitrogen and oxygen atoms in total. The van der Waals surface area contributed by atoms with Gasteiger partial charge < -0.3 is 9.80 Å². The summed E-state index contributed by atoms with van der Waals surface area (Å²) in [6, 6.07) is 12.1. The van der Waals surface area contributed by atoms with Crippen molar-refractivity contribution in [2.75, 3.05) is 32.1 Å². The lowest BCUT2D eigenvalue weighted by Crippen LogP contribution is -2.50. The molecule has 0 unspecified atom stereocenters. The van der Waals surface area contributed by atoms with Gasteiger partial charge in [-0.15, -0.1) is 5.10 Å². The van der Waals surface area contributed by atoms with E-state index >= 15 is 0 Å². The van der Waals surface area contributed by atoms with Crippen LogP contribution in [0.15, 0.2) is 48.8 Å². The molecule has 38 heavy (non-hydrogen) atoms. The van der Waals surface area contributed by atoms with Crippen LogP contribution in [0.4, 0.5) is 14.6 Å². The molecular formula is C27H25F2N9. The predicted octanol–water partition coefficient (Wildman–Crippen LogP) is 3.83. The van der Waals surface area contributed by atoms with Crippen molar-refractivity contribution in [3.05, 3.63) is 60.2 Å². The van der Waals surface area contributed by atoms with Gasteiger partial charge in [-0.2, -0.15) is 5.26 Å². The molecule has 1 saturated heterocycles. The first-order valence-electron chi connectivity index (χ1n) is 12.3. The van der Waals surface area contributed by atoms with E-state index in [1.165, 1.54) is 12.1 Å². The van der Waals surface area contributed by atoms with Crippen molar-refractivity contribution in [2.24, 2.45) is 7.05 Å². The Balaban J connectivity index is 1.58. The van der Waals surface area contributed by atoms with Crippen molar-refractivity contribution in [3.8, 4) is 28.6 Å². The molecule has 0 bridgehead atoms. The molecule has 0 amide bonds. The smallest absolute Gasteiger partial charge is 0.181 e. The molecule has 2 aromatic carbocycles. The van der Waals surface area contributed by atoms with Gasteiger partial charge in [0, 0.05) is 43.2 Å². The molecule has 6 rings (SSSR count). The fourth-order valence-corrected chi connectivity index (χ4v) is 5.16. The summed E-state index contributed by atoms with van der Waals surface area (Å²) in [7, 11) is 5.72. The molecule has 1 aliphatic heterocycles. The Morgan fingerprint density at radius 2 is 1.92 bits per heavy atom. The van der Waals surface area contributed by atoms with Crippen LogP contribution in [0.5, 0.6) is 0 Å². The SMILES string of the molecule is CN(C)[C@@H]1C[C@H](F)CN(c2nccn3c(-c4ccc5c(c4)nnn5C)c(-c4ccc(C#N)c(F)c4)nc23)C1. The van der Waals surface area contributed by atoms with E-state index in [2.05, 4.69) is 15.3 Å². The average Bonchev–Trinajstić information content (AvgIpc) is 3.48. The van der Waals surface area contributed by atoms with Gasteiger partial charge in [0.1, 0.15) is 23.6 Å². The van der Waals surface area contributed by atoms with Gasteiger partial charge in [0.05, 0.1) is 29.0 Å². The van der Waals surface area contributed by atoms with Gasteiger partial charge >= 0.3 is 0 Å². The maximum absolute atomic E-state index is 14.8. The third kappa shape index (κ3) is 3.94. The number of rotatable bonds is 4. The first-order valence-corrected chi connectivity index (χ1v) is 12.3. The summed E-state index contributed by atoms with van der Waals surface area (Å²) >= 11 is 0. The Kier molecular flexibility index (Phi) is 5.76. The zero-order valence-electron chi connectivity index (χ0n) is 21.2. The number of benzene rings is 2. The normalized spacial score (nSPS) is 18.0. The van der Waals surface area contributed by atoms with Crippen molar-refractivity contribution in [1.82, 2.24) is 34.3 Å². The topological polar surface area (TPSA) is 91.2 Å². The zero-order valence-corrected chi connectivity index (χ0v) is 21.2. The second-order valence-electron chi connectivity index (χ2n) is 9.83. The van der Waals surface area contributed by atoms with Gasteiger partial charge in [-0.25, -0.2) is 23.4 Å². The van der Waals surface area contributed by atoms with Crippen LogP contribution in [0, 0.1) is 17.1 Å². The number of hydrogen-bond donors (Lipinski definition) is 0. The van der Waals surface area contributed by atoms with Crippen LogP contribution in [-0.2, 0) is 7.05 Å². The minimum Gasteiger partial charge on any atom is -0.349 e. The summed E-state index contributed by atoms with van der Waals surface area (Å²) < 4.78 is 33.1. The molecule has 192 valence electrons. The summed E-state index contributed by atoms with van der Waals surface area (Å²) in [6.07, 6.45) is 2.93. The molecular weight excluding hydrogens is 488 g/mol. The van der Waals surface area contributed by atoms with Crippen molar-refractivity contribution < 1.29 is 8.78 Å². The lowest BCUT2D eigenvalue weighted by Gasteiger charge is -2.38. The standard InChI is InChI=1S/C27H25F2N9/c1-35(2)20-12-19(28)14-37(15-20)26-27-32-24(16-4-5-18(13-30)21(29)10-16)25(38(27)9-8-31-26)17-6-7-23-22(11-17)33-34-36(23)3/h4-11,19-20H,12,14-15H2,1-3H3/t19-,20+/m0/s1. The number of halogens is 2. The van der Waals surface area contributed by atoms with Crippen LogP contribution in [0.3, 0.4) is 0 Å². The summed E-state index contributed by atoms with van der Waals surface area (Å²) in [5, 5.41) is 17.6. The molecule has 0 radical (unpaired) electrons. The second kappa shape index (κ2) is 9.15. The van der Waals surface area contributed by atoms with Crippen molar-refractivity contribution >= 4 is 22.5 Å². The van der Waals surface area contributed by atoms with E-state index in [9.17, 15) is 14.0 Å². The van der Waals surface area contributed by atoms with E-state index in [1.807, 2.05) is 59.6 Å². The maximum atomic E-state index is 14.8. The minimum atomic E-state index is -1.00. The van der Waals surface area contributed by atoms with Crippen molar-refractivity contribution in [2.45, 2.75) is 18.6 Å². The van der Waals surface area contributed by atoms with Crippen LogP contribution in [0.2, 0.25) is 0 Å². The monoisotopic (exact) mass is 513 g/mol. The predicted molar refractivity (Wildman–Crippen MR) is 140 cm³/mol. The second-order valence-corrected chi connectivity index (χ2v) is 9.83. The van der Waals surface area contributed by atoms with Crippen molar-refractivity contribution in [1.29, 1.82) is 5.26 Å². The number of fused-ring (bicyclic) bond motifs is 2. The molecule has 1 aliphatic rings. The molecule has 0 aliphatic carbocycles. The number of anilines is 1. The first kappa shape index (κ1) is 23.9. The van der Waals surface area contributed by atoms with E-state index in [0.29, 0.717) is 46.9 Å². The van der Waals surface area contributed by atoms with Gasteiger partial charge in [-0.05, 0) is 44.8 Å². The zero-order chi connectivity index (χ0) is 26.6. The highest BCUT2D eigenvalue weighted by Crippen LogP contribution is 2.37. The van der Waals surface area contributed by atoms with E-state index in [-0.39, 0.29) is 18.2 Å². The average molecular weight is 514 g/mol. The van der Waals surface area contributed by atoms with E-state index in [4.69, 9.17) is 4.98 Å². The first-order chi connectivity index (χ1) is 18.3. The number of alkyl halides is 1. The lowest BCUT2D eigenvalue weighted by atomic mass is 10.0. The van der Waals surface area contributed by atoms with Crippen LogP contribution < -0.4 is 4.90 Å². The largest absolute Gasteiger partial charge is 0.349 e. The fraction of sp³-hybridized carbons (Fsp3) is 0.296. The maximum Gasteiger partial charge on any atom is 0.181 e. The number of nitriles is 1. The van der Waals surface area contributed by atoms with Crippen LogP contribution in [0.1, 0.15) is 12.0 Å². The van der Waals surface area contributed by atoms with Crippen molar-refractivity contribution in [3.63, 3.8) is 0 Å². The summed E-state index contributed by atoms with van der Waals surface area (Å²) in [5.41, 5.74) is 4.60. The van der Waals surface area contributed by atoms with Gasteiger partial charge in [-0.3, -0.25) is 4.40 Å². The third-order valence-corrected chi connectivity index (χ3v) is 7.18. The Morgan fingerprint density at radius 3 is 2.68 bits per heavy atom. The number of likely N-dealkylation sites (N-methyl/N-ethyl adjacent to an activating group) is 1. The van der Waals surface area contributed by atoms with Crippen LogP contribution in [0.25, 0.3) is 39.2 Å². The Hall–Kier alpha value is -4.43. The molecule has 4 heterocycles. The Bertz CT molecular complexity index is 1720. The highest BCUT2D eigenvalue weighted by molar-refractivity contribution is 5.89. The van der Waals surface area contributed by atoms with E-state index in [0.717, 1.165) is 11.1 Å². The number of aromatic nitrogens is 6.